The van der Waals surface area contributed by atoms with Gasteiger partial charge in [-0.1, -0.05) is 12.1 Å². The van der Waals surface area contributed by atoms with Crippen LogP contribution in [-0.2, 0) is 6.54 Å². The van der Waals surface area contributed by atoms with Crippen molar-refractivity contribution in [3.8, 4) is 5.75 Å². The van der Waals surface area contributed by atoms with Crippen molar-refractivity contribution in [2.24, 2.45) is 0 Å². The molecule has 0 saturated heterocycles. The van der Waals surface area contributed by atoms with Gasteiger partial charge >= 0.3 is 0 Å². The third kappa shape index (κ3) is 5.90. The number of carbonyl (C=O) groups is 2. The van der Waals surface area contributed by atoms with Crippen LogP contribution in [0.25, 0.3) is 0 Å². The fourth-order valence-corrected chi connectivity index (χ4v) is 2.68. The first-order valence-corrected chi connectivity index (χ1v) is 9.36. The third-order valence-corrected chi connectivity index (χ3v) is 4.05. The quantitative estimate of drug-likeness (QED) is 0.639. The van der Waals surface area contributed by atoms with Crippen LogP contribution >= 0.6 is 0 Å². The Hall–Kier alpha value is -3.67. The number of anilines is 1. The Labute approximate surface area is 169 Å². The summed E-state index contributed by atoms with van der Waals surface area (Å²) in [6.07, 6.45) is 3.46. The molecule has 2 amide bonds. The first-order valence-electron chi connectivity index (χ1n) is 9.36. The second kappa shape index (κ2) is 9.50. The number of amides is 2. The van der Waals surface area contributed by atoms with Crippen LogP contribution in [0.4, 0.5) is 5.69 Å². The lowest BCUT2D eigenvalue weighted by Gasteiger charge is -2.11. The highest BCUT2D eigenvalue weighted by atomic mass is 16.5. The number of ether oxygens (including phenoxy) is 1. The van der Waals surface area contributed by atoms with Gasteiger partial charge in [-0.3, -0.25) is 14.6 Å². The molecule has 1 heterocycles. The number of rotatable bonds is 7. The number of nitrogens with zero attached hydrogens (tertiary/aromatic N) is 1. The molecule has 6 nitrogen and oxygen atoms in total. The van der Waals surface area contributed by atoms with Crippen molar-refractivity contribution >= 4 is 17.5 Å². The molecule has 148 valence electrons. The van der Waals surface area contributed by atoms with E-state index in [1.165, 1.54) is 0 Å². The maximum Gasteiger partial charge on any atom is 0.255 e. The summed E-state index contributed by atoms with van der Waals surface area (Å²) in [5, 5.41) is 5.66. The van der Waals surface area contributed by atoms with Crippen molar-refractivity contribution in [2.75, 3.05) is 5.32 Å². The van der Waals surface area contributed by atoms with Crippen LogP contribution in [0, 0.1) is 0 Å². The van der Waals surface area contributed by atoms with Crippen LogP contribution in [0.3, 0.4) is 0 Å². The molecule has 0 radical (unpaired) electrons. The van der Waals surface area contributed by atoms with Crippen molar-refractivity contribution in [2.45, 2.75) is 26.5 Å². The van der Waals surface area contributed by atoms with E-state index >= 15 is 0 Å². The van der Waals surface area contributed by atoms with Crippen molar-refractivity contribution < 1.29 is 14.3 Å². The summed E-state index contributed by atoms with van der Waals surface area (Å²) in [7, 11) is 0. The van der Waals surface area contributed by atoms with Gasteiger partial charge in [0.2, 0.25) is 0 Å². The monoisotopic (exact) mass is 389 g/mol. The average Bonchev–Trinajstić information content (AvgIpc) is 2.74. The Kier molecular flexibility index (Phi) is 6.58. The predicted octanol–water partition coefficient (Wildman–Crippen LogP) is 4.05. The lowest BCUT2D eigenvalue weighted by atomic mass is 10.1. The van der Waals surface area contributed by atoms with Crippen molar-refractivity contribution in [1.82, 2.24) is 10.3 Å². The van der Waals surface area contributed by atoms with Crippen LogP contribution in [0.5, 0.6) is 5.75 Å². The number of hydrogen-bond acceptors (Lipinski definition) is 4. The number of benzene rings is 2. The lowest BCUT2D eigenvalue weighted by Crippen LogP contribution is -2.23. The molecule has 0 saturated carbocycles. The Morgan fingerprint density at radius 3 is 2.34 bits per heavy atom. The maximum atomic E-state index is 12.5. The SMILES string of the molecule is CC(C)Oc1ccc(NC(=O)c2cccc(C(=O)NCc3cccnc3)c2)cc1. The molecular formula is C23H23N3O3. The Balaban J connectivity index is 1.62. The number of pyridine rings is 1. The molecule has 1 aromatic heterocycles. The average molecular weight is 389 g/mol. The van der Waals surface area contributed by atoms with Gasteiger partial charge in [0.05, 0.1) is 6.10 Å². The highest BCUT2D eigenvalue weighted by Crippen LogP contribution is 2.18. The fourth-order valence-electron chi connectivity index (χ4n) is 2.68. The zero-order chi connectivity index (χ0) is 20.6. The van der Waals surface area contributed by atoms with E-state index in [0.29, 0.717) is 23.4 Å². The predicted molar refractivity (Wildman–Crippen MR) is 112 cm³/mol. The summed E-state index contributed by atoms with van der Waals surface area (Å²) in [6.45, 7) is 4.28. The molecule has 0 aliphatic carbocycles. The van der Waals surface area contributed by atoms with Gasteiger partial charge in [-0.15, -0.1) is 0 Å². The van der Waals surface area contributed by atoms with E-state index < -0.39 is 0 Å². The molecule has 0 aliphatic heterocycles. The summed E-state index contributed by atoms with van der Waals surface area (Å²) in [5.74, 6) is 0.202. The van der Waals surface area contributed by atoms with Crippen LogP contribution in [0.15, 0.2) is 73.1 Å². The molecule has 0 aliphatic rings. The number of carbonyl (C=O) groups excluding carboxylic acids is 2. The second-order valence-corrected chi connectivity index (χ2v) is 6.77. The highest BCUT2D eigenvalue weighted by molar-refractivity contribution is 6.06. The number of aromatic nitrogens is 1. The second-order valence-electron chi connectivity index (χ2n) is 6.77. The minimum atomic E-state index is -0.288. The van der Waals surface area contributed by atoms with Crippen LogP contribution in [-0.4, -0.2) is 22.9 Å². The molecule has 3 aromatic rings. The summed E-state index contributed by atoms with van der Waals surface area (Å²) in [6, 6.07) is 17.5. The van der Waals surface area contributed by atoms with Gasteiger partial charge in [-0.25, -0.2) is 0 Å². The van der Waals surface area contributed by atoms with Gasteiger partial charge in [0.1, 0.15) is 5.75 Å². The summed E-state index contributed by atoms with van der Waals surface area (Å²) < 4.78 is 5.59. The van der Waals surface area contributed by atoms with Crippen LogP contribution < -0.4 is 15.4 Å². The third-order valence-electron chi connectivity index (χ3n) is 4.05. The molecule has 2 N–H and O–H groups in total. The minimum Gasteiger partial charge on any atom is -0.491 e. The van der Waals surface area contributed by atoms with Crippen LogP contribution in [0.2, 0.25) is 0 Å². The number of hydrogen-bond donors (Lipinski definition) is 2. The summed E-state index contributed by atoms with van der Waals surface area (Å²) in [4.78, 5) is 29.0. The molecule has 6 heteroatoms. The first kappa shape index (κ1) is 20.1. The lowest BCUT2D eigenvalue weighted by molar-refractivity contribution is 0.0951. The molecule has 0 spiro atoms. The molecule has 0 atom stereocenters. The van der Waals surface area contributed by atoms with Crippen LogP contribution in [0.1, 0.15) is 40.1 Å². The normalized spacial score (nSPS) is 10.4. The Morgan fingerprint density at radius 2 is 1.69 bits per heavy atom. The van der Waals surface area contributed by atoms with Gasteiger partial charge in [0, 0.05) is 35.8 Å². The molecular weight excluding hydrogens is 366 g/mol. The Bertz CT molecular complexity index is 970. The molecule has 29 heavy (non-hydrogen) atoms. The maximum absolute atomic E-state index is 12.5. The van der Waals surface area contributed by atoms with E-state index in [1.807, 2.05) is 26.0 Å². The Morgan fingerprint density at radius 1 is 0.966 bits per heavy atom. The van der Waals surface area contributed by atoms with Gasteiger partial charge in [-0.2, -0.15) is 0 Å². The first-order chi connectivity index (χ1) is 14.0. The molecule has 0 unspecified atom stereocenters. The van der Waals surface area contributed by atoms with Gasteiger partial charge in [-0.05, 0) is 67.9 Å². The topological polar surface area (TPSA) is 80.3 Å². The van der Waals surface area contributed by atoms with E-state index in [9.17, 15) is 9.59 Å². The fraction of sp³-hybridized carbons (Fsp3) is 0.174. The van der Waals surface area contributed by atoms with E-state index in [2.05, 4.69) is 15.6 Å². The molecule has 3 rings (SSSR count). The van der Waals surface area contributed by atoms with Crippen molar-refractivity contribution in [1.29, 1.82) is 0 Å². The van der Waals surface area contributed by atoms with E-state index in [0.717, 1.165) is 11.3 Å². The zero-order valence-electron chi connectivity index (χ0n) is 16.4. The highest BCUT2D eigenvalue weighted by Gasteiger charge is 2.11. The van der Waals surface area contributed by atoms with E-state index in [1.54, 1.807) is 60.9 Å². The van der Waals surface area contributed by atoms with Crippen molar-refractivity contribution in [3.05, 3.63) is 89.7 Å². The minimum absolute atomic E-state index is 0.0856. The molecule has 2 aromatic carbocycles. The zero-order valence-corrected chi connectivity index (χ0v) is 16.4. The smallest absolute Gasteiger partial charge is 0.255 e. The largest absolute Gasteiger partial charge is 0.491 e. The van der Waals surface area contributed by atoms with Gasteiger partial charge in [0.25, 0.3) is 11.8 Å². The van der Waals surface area contributed by atoms with E-state index in [4.69, 9.17) is 4.74 Å². The summed E-state index contributed by atoms with van der Waals surface area (Å²) in [5.41, 5.74) is 2.38. The molecule has 0 bridgehead atoms. The van der Waals surface area contributed by atoms with Crippen molar-refractivity contribution in [3.63, 3.8) is 0 Å². The van der Waals surface area contributed by atoms with Gasteiger partial charge < -0.3 is 15.4 Å². The molecule has 0 fully saturated rings. The standard InChI is InChI=1S/C23H23N3O3/c1-16(2)29-21-10-8-20(9-11-21)26-23(28)19-7-3-6-18(13-19)22(27)25-15-17-5-4-12-24-14-17/h3-14,16H,15H2,1-2H3,(H,25,27)(H,26,28). The van der Waals surface area contributed by atoms with Gasteiger partial charge in [0.15, 0.2) is 0 Å². The van der Waals surface area contributed by atoms with E-state index in [-0.39, 0.29) is 17.9 Å². The summed E-state index contributed by atoms with van der Waals surface area (Å²) >= 11 is 0. The number of nitrogens with one attached hydrogen (secondary N) is 2.